The van der Waals surface area contributed by atoms with Crippen molar-refractivity contribution in [2.75, 3.05) is 28.2 Å². The van der Waals surface area contributed by atoms with Crippen LogP contribution in [-0.2, 0) is 0 Å². The standard InChI is InChI=1S/C9H14N4O2/c1-12(2)8(14)6-5-7(11-10-6)9(15)13(3)4/h5H,1-4H3,(H,10,11). The molecular weight excluding hydrogens is 196 g/mol. The fourth-order valence-electron chi connectivity index (χ4n) is 1.01. The van der Waals surface area contributed by atoms with E-state index in [-0.39, 0.29) is 17.5 Å². The number of aromatic amines is 1. The second-order valence-corrected chi connectivity index (χ2v) is 3.57. The Balaban J connectivity index is 2.90. The lowest BCUT2D eigenvalue weighted by Crippen LogP contribution is -2.22. The molecular formula is C9H14N4O2. The van der Waals surface area contributed by atoms with Crippen molar-refractivity contribution in [3.8, 4) is 0 Å². The quantitative estimate of drug-likeness (QED) is 0.735. The highest BCUT2D eigenvalue weighted by atomic mass is 16.2. The molecule has 0 saturated carbocycles. The van der Waals surface area contributed by atoms with E-state index in [2.05, 4.69) is 10.2 Å². The van der Waals surface area contributed by atoms with Gasteiger partial charge in [-0.05, 0) is 0 Å². The maximum Gasteiger partial charge on any atom is 0.273 e. The molecule has 0 aromatic carbocycles. The molecule has 0 aliphatic heterocycles. The first kappa shape index (κ1) is 11.2. The normalized spacial score (nSPS) is 9.87. The van der Waals surface area contributed by atoms with Crippen LogP contribution < -0.4 is 0 Å². The lowest BCUT2D eigenvalue weighted by Gasteiger charge is -2.07. The molecule has 0 saturated heterocycles. The van der Waals surface area contributed by atoms with E-state index in [9.17, 15) is 9.59 Å². The van der Waals surface area contributed by atoms with E-state index < -0.39 is 0 Å². The Morgan fingerprint density at radius 1 is 1.13 bits per heavy atom. The number of rotatable bonds is 2. The van der Waals surface area contributed by atoms with Gasteiger partial charge < -0.3 is 9.80 Å². The van der Waals surface area contributed by atoms with Crippen molar-refractivity contribution in [2.45, 2.75) is 0 Å². The second kappa shape index (κ2) is 4.12. The summed E-state index contributed by atoms with van der Waals surface area (Å²) in [5, 5.41) is 6.31. The Morgan fingerprint density at radius 2 is 1.67 bits per heavy atom. The first-order valence-electron chi connectivity index (χ1n) is 4.42. The summed E-state index contributed by atoms with van der Waals surface area (Å²) in [4.78, 5) is 25.8. The summed E-state index contributed by atoms with van der Waals surface area (Å²) < 4.78 is 0. The summed E-state index contributed by atoms with van der Waals surface area (Å²) in [6.45, 7) is 0. The van der Waals surface area contributed by atoms with Crippen LogP contribution in [0.25, 0.3) is 0 Å². The molecule has 1 N–H and O–H groups in total. The van der Waals surface area contributed by atoms with Gasteiger partial charge in [0.05, 0.1) is 0 Å². The number of carbonyl (C=O) groups excluding carboxylic acids is 2. The van der Waals surface area contributed by atoms with Gasteiger partial charge in [-0.25, -0.2) is 0 Å². The van der Waals surface area contributed by atoms with E-state index in [1.807, 2.05) is 0 Å². The van der Waals surface area contributed by atoms with Gasteiger partial charge in [-0.1, -0.05) is 0 Å². The molecule has 0 spiro atoms. The largest absolute Gasteiger partial charge is 0.343 e. The third kappa shape index (κ3) is 2.34. The number of hydrogen-bond acceptors (Lipinski definition) is 3. The summed E-state index contributed by atoms with van der Waals surface area (Å²) in [6.07, 6.45) is 0. The fourth-order valence-corrected chi connectivity index (χ4v) is 1.01. The Hall–Kier alpha value is -1.85. The topological polar surface area (TPSA) is 69.3 Å². The lowest BCUT2D eigenvalue weighted by molar-refractivity contribution is 0.0817. The summed E-state index contributed by atoms with van der Waals surface area (Å²) in [5.74, 6) is -0.440. The Labute approximate surface area is 87.9 Å². The predicted molar refractivity (Wildman–Crippen MR) is 54.6 cm³/mol. The summed E-state index contributed by atoms with van der Waals surface area (Å²) in [6, 6.07) is 1.45. The summed E-state index contributed by atoms with van der Waals surface area (Å²) in [5.41, 5.74) is 0.551. The number of H-pyrrole nitrogens is 1. The van der Waals surface area contributed by atoms with Crippen LogP contribution in [0.4, 0.5) is 0 Å². The molecule has 1 heterocycles. The average Bonchev–Trinajstić information content (AvgIpc) is 2.63. The number of nitrogens with zero attached hydrogens (tertiary/aromatic N) is 3. The van der Waals surface area contributed by atoms with Crippen LogP contribution in [0.2, 0.25) is 0 Å². The zero-order chi connectivity index (χ0) is 11.6. The highest BCUT2D eigenvalue weighted by Crippen LogP contribution is 2.03. The van der Waals surface area contributed by atoms with E-state index >= 15 is 0 Å². The van der Waals surface area contributed by atoms with Crippen molar-refractivity contribution in [3.05, 3.63) is 17.5 Å². The van der Waals surface area contributed by atoms with Gasteiger partial charge in [-0.3, -0.25) is 14.7 Å². The zero-order valence-corrected chi connectivity index (χ0v) is 9.24. The van der Waals surface area contributed by atoms with Gasteiger partial charge in [0.2, 0.25) is 0 Å². The second-order valence-electron chi connectivity index (χ2n) is 3.57. The highest BCUT2D eigenvalue weighted by Gasteiger charge is 2.16. The van der Waals surface area contributed by atoms with E-state index in [0.717, 1.165) is 0 Å². The molecule has 1 aromatic rings. The van der Waals surface area contributed by atoms with E-state index in [1.54, 1.807) is 28.2 Å². The first-order valence-corrected chi connectivity index (χ1v) is 4.42. The van der Waals surface area contributed by atoms with Crippen LogP contribution >= 0.6 is 0 Å². The van der Waals surface area contributed by atoms with Gasteiger partial charge in [-0.15, -0.1) is 0 Å². The number of nitrogens with one attached hydrogen (secondary N) is 1. The Kier molecular flexibility index (Phi) is 3.08. The number of hydrogen-bond donors (Lipinski definition) is 1. The minimum Gasteiger partial charge on any atom is -0.343 e. The maximum absolute atomic E-state index is 11.5. The van der Waals surface area contributed by atoms with Crippen LogP contribution in [0.1, 0.15) is 21.0 Å². The van der Waals surface area contributed by atoms with Crippen molar-refractivity contribution < 1.29 is 9.59 Å². The summed E-state index contributed by atoms with van der Waals surface area (Å²) in [7, 11) is 6.53. The first-order chi connectivity index (χ1) is 6.93. The molecule has 0 fully saturated rings. The van der Waals surface area contributed by atoms with E-state index in [4.69, 9.17) is 0 Å². The summed E-state index contributed by atoms with van der Waals surface area (Å²) >= 11 is 0. The third-order valence-electron chi connectivity index (χ3n) is 1.84. The van der Waals surface area contributed by atoms with Gasteiger partial charge in [0, 0.05) is 34.3 Å². The molecule has 0 aliphatic rings. The molecule has 0 radical (unpaired) electrons. The monoisotopic (exact) mass is 210 g/mol. The minimum absolute atomic E-state index is 0.208. The molecule has 1 aromatic heterocycles. The Morgan fingerprint density at radius 3 is 2.13 bits per heavy atom. The van der Waals surface area contributed by atoms with Gasteiger partial charge in [0.1, 0.15) is 5.69 Å². The highest BCUT2D eigenvalue weighted by molar-refractivity contribution is 5.97. The van der Waals surface area contributed by atoms with Crippen LogP contribution in [0.15, 0.2) is 6.07 Å². The van der Waals surface area contributed by atoms with E-state index in [0.29, 0.717) is 5.69 Å². The molecule has 0 atom stereocenters. The van der Waals surface area contributed by atoms with Gasteiger partial charge in [0.25, 0.3) is 11.8 Å². The van der Waals surface area contributed by atoms with Crippen molar-refractivity contribution in [1.29, 1.82) is 0 Å². The van der Waals surface area contributed by atoms with Crippen molar-refractivity contribution in [1.82, 2.24) is 20.0 Å². The zero-order valence-electron chi connectivity index (χ0n) is 9.24. The van der Waals surface area contributed by atoms with Crippen LogP contribution in [0.3, 0.4) is 0 Å². The predicted octanol–water partition coefficient (Wildman–Crippen LogP) is -0.187. The number of aromatic nitrogens is 2. The molecule has 0 bridgehead atoms. The smallest absolute Gasteiger partial charge is 0.273 e. The molecule has 6 heteroatoms. The van der Waals surface area contributed by atoms with Gasteiger partial charge in [0.15, 0.2) is 5.69 Å². The fraction of sp³-hybridized carbons (Fsp3) is 0.444. The van der Waals surface area contributed by atoms with Crippen molar-refractivity contribution in [3.63, 3.8) is 0 Å². The van der Waals surface area contributed by atoms with Crippen LogP contribution in [0, 0.1) is 0 Å². The Bertz CT molecular complexity index is 347. The molecule has 1 rings (SSSR count). The van der Waals surface area contributed by atoms with Crippen LogP contribution in [-0.4, -0.2) is 60.0 Å². The molecule has 2 amide bonds. The van der Waals surface area contributed by atoms with Crippen LogP contribution in [0.5, 0.6) is 0 Å². The number of amides is 2. The lowest BCUT2D eigenvalue weighted by atomic mass is 10.3. The molecule has 15 heavy (non-hydrogen) atoms. The molecule has 82 valence electrons. The van der Waals surface area contributed by atoms with Gasteiger partial charge in [-0.2, -0.15) is 5.10 Å². The van der Waals surface area contributed by atoms with Crippen molar-refractivity contribution in [2.24, 2.45) is 0 Å². The molecule has 6 nitrogen and oxygen atoms in total. The number of carbonyl (C=O) groups is 2. The average molecular weight is 210 g/mol. The third-order valence-corrected chi connectivity index (χ3v) is 1.84. The van der Waals surface area contributed by atoms with Crippen molar-refractivity contribution >= 4 is 11.8 Å². The minimum atomic E-state index is -0.232. The maximum atomic E-state index is 11.5. The van der Waals surface area contributed by atoms with E-state index in [1.165, 1.54) is 15.9 Å². The molecule has 0 unspecified atom stereocenters. The molecule has 0 aliphatic carbocycles. The van der Waals surface area contributed by atoms with Gasteiger partial charge >= 0.3 is 0 Å². The SMILES string of the molecule is CN(C)C(=O)c1cc(C(=O)N(C)C)[nH]n1.